The molecule has 2 aromatic rings. The summed E-state index contributed by atoms with van der Waals surface area (Å²) >= 11 is 0. The molecule has 1 heterocycles. The first-order chi connectivity index (χ1) is 13.2. The highest BCUT2D eigenvalue weighted by molar-refractivity contribution is 7.91. The van der Waals surface area contributed by atoms with Crippen molar-refractivity contribution in [1.82, 2.24) is 14.8 Å². The Morgan fingerprint density at radius 1 is 1.25 bits per heavy atom. The zero-order valence-electron chi connectivity index (χ0n) is 17.7. The molecular formula is C21H32N4O2S. The lowest BCUT2D eigenvalue weighted by molar-refractivity contribution is 0.448. The molecule has 1 atom stereocenters. The van der Waals surface area contributed by atoms with Crippen LogP contribution in [-0.2, 0) is 23.4 Å². The van der Waals surface area contributed by atoms with E-state index in [1.165, 1.54) is 0 Å². The van der Waals surface area contributed by atoms with Gasteiger partial charge < -0.3 is 14.8 Å². The minimum absolute atomic E-state index is 0.0308. The van der Waals surface area contributed by atoms with E-state index in [1.54, 1.807) is 19.2 Å². The summed E-state index contributed by atoms with van der Waals surface area (Å²) in [4.78, 5) is 6.72. The maximum absolute atomic E-state index is 12.9. The van der Waals surface area contributed by atoms with Crippen molar-refractivity contribution < 1.29 is 8.42 Å². The van der Waals surface area contributed by atoms with Crippen LogP contribution in [-0.4, -0.2) is 49.7 Å². The summed E-state index contributed by atoms with van der Waals surface area (Å²) in [6.45, 7) is 6.58. The lowest BCUT2D eigenvalue weighted by Gasteiger charge is -2.26. The molecule has 0 aliphatic rings. The summed E-state index contributed by atoms with van der Waals surface area (Å²) in [5.74, 6) is 0.714. The molecule has 2 rings (SSSR count). The monoisotopic (exact) mass is 404 g/mol. The Hall–Kier alpha value is -2.28. The van der Waals surface area contributed by atoms with Gasteiger partial charge in [-0.25, -0.2) is 8.42 Å². The molecule has 7 heteroatoms. The zero-order valence-corrected chi connectivity index (χ0v) is 18.5. The van der Waals surface area contributed by atoms with E-state index in [2.05, 4.69) is 20.9 Å². The van der Waals surface area contributed by atoms with Crippen LogP contribution in [0.3, 0.4) is 0 Å². The third-order valence-corrected chi connectivity index (χ3v) is 6.92. The number of rotatable bonds is 7. The summed E-state index contributed by atoms with van der Waals surface area (Å²) in [5.41, 5.74) is 3.23. The Balaban J connectivity index is 2.10. The molecule has 154 valence electrons. The number of aryl methyl sites for hydroxylation is 3. The van der Waals surface area contributed by atoms with E-state index in [1.807, 2.05) is 58.1 Å². The molecule has 6 nitrogen and oxygen atoms in total. The smallest absolute Gasteiger partial charge is 0.193 e. The molecule has 1 aromatic heterocycles. The van der Waals surface area contributed by atoms with Gasteiger partial charge in [0.25, 0.3) is 0 Å². The Kier molecular flexibility index (Phi) is 7.29. The second-order valence-electron chi connectivity index (χ2n) is 7.29. The average Bonchev–Trinajstić information content (AvgIpc) is 3.05. The first kappa shape index (κ1) is 22.0. The zero-order chi connectivity index (χ0) is 20.9. The Morgan fingerprint density at radius 3 is 2.50 bits per heavy atom. The van der Waals surface area contributed by atoms with Gasteiger partial charge in [-0.05, 0) is 55.7 Å². The highest BCUT2D eigenvalue weighted by atomic mass is 32.2. The van der Waals surface area contributed by atoms with Gasteiger partial charge in [-0.1, -0.05) is 13.0 Å². The molecule has 0 aliphatic carbocycles. The number of aromatic nitrogens is 1. The van der Waals surface area contributed by atoms with Crippen molar-refractivity contribution >= 4 is 15.8 Å². The number of nitrogens with zero attached hydrogens (tertiary/aromatic N) is 3. The number of guanidine groups is 1. The second kappa shape index (κ2) is 9.28. The maximum Gasteiger partial charge on any atom is 0.193 e. The van der Waals surface area contributed by atoms with Gasteiger partial charge in [0.2, 0.25) is 0 Å². The first-order valence-corrected chi connectivity index (χ1v) is 11.2. The van der Waals surface area contributed by atoms with E-state index in [4.69, 9.17) is 0 Å². The summed E-state index contributed by atoms with van der Waals surface area (Å²) in [5, 5.41) is 3.32. The molecule has 28 heavy (non-hydrogen) atoms. The minimum Gasteiger partial charge on any atom is -0.353 e. The van der Waals surface area contributed by atoms with Gasteiger partial charge in [0.1, 0.15) is 0 Å². The summed E-state index contributed by atoms with van der Waals surface area (Å²) in [6, 6.07) is 9.16. The molecule has 0 bridgehead atoms. The molecule has 1 unspecified atom stereocenters. The number of sulfone groups is 1. The van der Waals surface area contributed by atoms with Gasteiger partial charge >= 0.3 is 0 Å². The summed E-state index contributed by atoms with van der Waals surface area (Å²) in [6.07, 6.45) is 2.69. The van der Waals surface area contributed by atoms with E-state index in [0.717, 1.165) is 16.8 Å². The van der Waals surface area contributed by atoms with Crippen molar-refractivity contribution in [2.24, 2.45) is 12.0 Å². The third kappa shape index (κ3) is 5.38. The molecule has 0 saturated heterocycles. The van der Waals surface area contributed by atoms with Crippen LogP contribution in [0.5, 0.6) is 0 Å². The lowest BCUT2D eigenvalue weighted by atomic mass is 10.1. The molecule has 0 spiro atoms. The van der Waals surface area contributed by atoms with Crippen LogP contribution in [0.1, 0.15) is 30.2 Å². The van der Waals surface area contributed by atoms with Gasteiger partial charge in [-0.15, -0.1) is 0 Å². The predicted octanol–water partition coefficient (Wildman–Crippen LogP) is 2.90. The molecule has 0 amide bonds. The standard InChI is InChI=1S/C21H32N4O2S/c1-7-18(15-28(26,27)20-11-10-16(2)17(3)13-20)23-21(22-4)25(6)14-19-9-8-12-24(19)5/h8-13,18H,7,14-15H2,1-6H3,(H,22,23). The minimum atomic E-state index is -3.39. The van der Waals surface area contributed by atoms with Crippen molar-refractivity contribution in [3.8, 4) is 0 Å². The van der Waals surface area contributed by atoms with E-state index in [9.17, 15) is 8.42 Å². The number of aliphatic imine (C=N–C) groups is 1. The van der Waals surface area contributed by atoms with Crippen LogP contribution in [0, 0.1) is 13.8 Å². The fourth-order valence-electron chi connectivity index (χ4n) is 3.04. The fraction of sp³-hybridized carbons (Fsp3) is 0.476. The largest absolute Gasteiger partial charge is 0.353 e. The van der Waals surface area contributed by atoms with E-state index >= 15 is 0 Å². The van der Waals surface area contributed by atoms with Crippen molar-refractivity contribution in [3.63, 3.8) is 0 Å². The summed E-state index contributed by atoms with van der Waals surface area (Å²) < 4.78 is 27.9. The van der Waals surface area contributed by atoms with E-state index < -0.39 is 9.84 Å². The van der Waals surface area contributed by atoms with Crippen LogP contribution >= 0.6 is 0 Å². The molecule has 0 fully saturated rings. The van der Waals surface area contributed by atoms with E-state index in [0.29, 0.717) is 23.8 Å². The quantitative estimate of drug-likeness (QED) is 0.569. The van der Waals surface area contributed by atoms with Gasteiger partial charge in [0.05, 0.1) is 17.2 Å². The highest BCUT2D eigenvalue weighted by Crippen LogP contribution is 2.17. The average molecular weight is 405 g/mol. The van der Waals surface area contributed by atoms with Crippen LogP contribution < -0.4 is 5.32 Å². The Bertz CT molecular complexity index is 932. The molecule has 1 N–H and O–H groups in total. The van der Waals surface area contributed by atoms with Crippen LogP contribution in [0.2, 0.25) is 0 Å². The third-order valence-electron chi connectivity index (χ3n) is 5.11. The van der Waals surface area contributed by atoms with Crippen molar-refractivity contribution in [1.29, 1.82) is 0 Å². The predicted molar refractivity (Wildman–Crippen MR) is 115 cm³/mol. The van der Waals surface area contributed by atoms with Gasteiger partial charge in [-0.2, -0.15) is 0 Å². The SMILES string of the molecule is CCC(CS(=O)(=O)c1ccc(C)c(C)c1)NC(=NC)N(C)Cc1cccn1C. The van der Waals surface area contributed by atoms with Crippen molar-refractivity contribution in [3.05, 3.63) is 53.3 Å². The first-order valence-electron chi connectivity index (χ1n) is 9.52. The number of nitrogens with one attached hydrogen (secondary N) is 1. The summed E-state index contributed by atoms with van der Waals surface area (Å²) in [7, 11) is 2.29. The lowest BCUT2D eigenvalue weighted by Crippen LogP contribution is -2.46. The second-order valence-corrected chi connectivity index (χ2v) is 9.32. The van der Waals surface area contributed by atoms with Crippen LogP contribution in [0.15, 0.2) is 46.4 Å². The van der Waals surface area contributed by atoms with Crippen LogP contribution in [0.25, 0.3) is 0 Å². The van der Waals surface area contributed by atoms with E-state index in [-0.39, 0.29) is 11.8 Å². The highest BCUT2D eigenvalue weighted by Gasteiger charge is 2.22. The number of hydrogen-bond donors (Lipinski definition) is 1. The van der Waals surface area contributed by atoms with Crippen molar-refractivity contribution in [2.45, 2.75) is 44.7 Å². The topological polar surface area (TPSA) is 66.7 Å². The fourth-order valence-corrected chi connectivity index (χ4v) is 4.71. The molecule has 0 radical (unpaired) electrons. The van der Waals surface area contributed by atoms with Crippen LogP contribution in [0.4, 0.5) is 0 Å². The molecule has 1 aromatic carbocycles. The number of benzene rings is 1. The van der Waals surface area contributed by atoms with Gasteiger partial charge in [0, 0.05) is 39.1 Å². The maximum atomic E-state index is 12.9. The molecule has 0 aliphatic heterocycles. The van der Waals surface area contributed by atoms with Gasteiger partial charge in [-0.3, -0.25) is 4.99 Å². The number of hydrogen-bond acceptors (Lipinski definition) is 3. The van der Waals surface area contributed by atoms with Gasteiger partial charge in [0.15, 0.2) is 15.8 Å². The Morgan fingerprint density at radius 2 is 1.96 bits per heavy atom. The molecule has 0 saturated carbocycles. The molecular weight excluding hydrogens is 372 g/mol. The Labute approximate surface area is 169 Å². The normalized spacial score (nSPS) is 13.4. The van der Waals surface area contributed by atoms with Crippen molar-refractivity contribution in [2.75, 3.05) is 19.8 Å².